The minimum atomic E-state index is 0.0203. The number of imidazole rings is 1. The number of fused-ring (bicyclic) bond motifs is 1. The van der Waals surface area contributed by atoms with Gasteiger partial charge >= 0.3 is 5.69 Å². The molecule has 0 fully saturated rings. The average molecular weight is 352 g/mol. The van der Waals surface area contributed by atoms with Crippen molar-refractivity contribution < 1.29 is 0 Å². The molecule has 1 aliphatic rings. The molecule has 138 valence electrons. The Morgan fingerprint density at radius 1 is 1.31 bits per heavy atom. The predicted molar refractivity (Wildman–Crippen MR) is 105 cm³/mol. The molecule has 1 aromatic heterocycles. The molecule has 2 aromatic rings. The summed E-state index contributed by atoms with van der Waals surface area (Å²) in [7, 11) is 1.83. The molecule has 0 bridgehead atoms. The first-order valence-electron chi connectivity index (χ1n) is 9.24. The van der Waals surface area contributed by atoms with Gasteiger partial charge in [-0.2, -0.15) is 5.26 Å². The van der Waals surface area contributed by atoms with Crippen molar-refractivity contribution in [1.29, 1.82) is 5.26 Å². The first kappa shape index (κ1) is 18.5. The van der Waals surface area contributed by atoms with Crippen LogP contribution in [0.25, 0.3) is 11.0 Å². The van der Waals surface area contributed by atoms with Gasteiger partial charge in [0.05, 0.1) is 17.1 Å². The summed E-state index contributed by atoms with van der Waals surface area (Å²) in [6, 6.07) is 8.95. The fourth-order valence-corrected chi connectivity index (χ4v) is 3.67. The number of aryl methyl sites for hydroxylation is 1. The molecule has 2 unspecified atom stereocenters. The van der Waals surface area contributed by atoms with Crippen LogP contribution < -0.4 is 11.0 Å². The molecule has 1 aliphatic heterocycles. The largest absolute Gasteiger partial charge is 0.328 e. The third-order valence-corrected chi connectivity index (χ3v) is 4.98. The second-order valence-corrected chi connectivity index (χ2v) is 8.64. The minimum Gasteiger partial charge on any atom is -0.307 e. The van der Waals surface area contributed by atoms with E-state index in [9.17, 15) is 10.1 Å². The number of nitrogens with one attached hydrogen (secondary N) is 1. The summed E-state index contributed by atoms with van der Waals surface area (Å²) in [5, 5.41) is 12.9. The summed E-state index contributed by atoms with van der Waals surface area (Å²) in [5.74, 6) is 0. The molecule has 0 spiro atoms. The normalized spacial score (nSPS) is 21.3. The van der Waals surface area contributed by atoms with E-state index in [1.54, 1.807) is 4.57 Å². The molecule has 3 rings (SSSR count). The quantitative estimate of drug-likeness (QED) is 0.897. The van der Waals surface area contributed by atoms with Crippen LogP contribution in [0.15, 0.2) is 34.6 Å². The van der Waals surface area contributed by atoms with Gasteiger partial charge in [0.25, 0.3) is 0 Å². The van der Waals surface area contributed by atoms with Gasteiger partial charge in [-0.1, -0.05) is 32.9 Å². The molecular weight excluding hydrogens is 324 g/mol. The Hall–Kier alpha value is -2.32. The van der Waals surface area contributed by atoms with Crippen LogP contribution in [-0.4, -0.2) is 15.2 Å². The molecule has 1 aromatic carbocycles. The van der Waals surface area contributed by atoms with E-state index >= 15 is 0 Å². The third kappa shape index (κ3) is 3.61. The summed E-state index contributed by atoms with van der Waals surface area (Å²) < 4.78 is 3.59. The molecule has 0 aliphatic carbocycles. The maximum Gasteiger partial charge on any atom is 0.328 e. The maximum atomic E-state index is 12.7. The van der Waals surface area contributed by atoms with E-state index in [0.717, 1.165) is 28.6 Å². The van der Waals surface area contributed by atoms with Crippen LogP contribution in [0.1, 0.15) is 52.1 Å². The lowest BCUT2D eigenvalue weighted by Gasteiger charge is -2.21. The van der Waals surface area contributed by atoms with E-state index in [1.165, 1.54) is 0 Å². The van der Waals surface area contributed by atoms with Crippen molar-refractivity contribution in [2.75, 3.05) is 0 Å². The van der Waals surface area contributed by atoms with E-state index in [0.29, 0.717) is 19.0 Å². The fraction of sp³-hybridized carbons (Fsp3) is 0.524. The van der Waals surface area contributed by atoms with Gasteiger partial charge in [-0.05, 0) is 36.5 Å². The van der Waals surface area contributed by atoms with Gasteiger partial charge in [0, 0.05) is 37.7 Å². The van der Waals surface area contributed by atoms with Crippen molar-refractivity contribution >= 4 is 11.0 Å². The van der Waals surface area contributed by atoms with E-state index < -0.39 is 0 Å². The van der Waals surface area contributed by atoms with Gasteiger partial charge in [0.2, 0.25) is 0 Å². The molecular formula is C21H28N4O. The summed E-state index contributed by atoms with van der Waals surface area (Å²) >= 11 is 0. The average Bonchev–Trinajstić information content (AvgIpc) is 2.73. The Kier molecular flexibility index (Phi) is 4.81. The van der Waals surface area contributed by atoms with Gasteiger partial charge in [-0.15, -0.1) is 0 Å². The van der Waals surface area contributed by atoms with Gasteiger partial charge in [0.15, 0.2) is 0 Å². The lowest BCUT2D eigenvalue weighted by Crippen LogP contribution is -2.28. The first-order valence-corrected chi connectivity index (χ1v) is 9.24. The second kappa shape index (κ2) is 6.77. The predicted octanol–water partition coefficient (Wildman–Crippen LogP) is 3.65. The number of nitriles is 1. The van der Waals surface area contributed by atoms with Crippen LogP contribution in [0.4, 0.5) is 0 Å². The zero-order valence-electron chi connectivity index (χ0n) is 16.3. The molecule has 26 heavy (non-hydrogen) atoms. The van der Waals surface area contributed by atoms with E-state index in [-0.39, 0.29) is 17.1 Å². The second-order valence-electron chi connectivity index (χ2n) is 8.64. The number of benzene rings is 1. The van der Waals surface area contributed by atoms with Crippen LogP contribution in [0, 0.1) is 16.7 Å². The summed E-state index contributed by atoms with van der Waals surface area (Å²) in [4.78, 5) is 12.7. The number of rotatable bonds is 2. The Balaban J connectivity index is 2.05. The molecule has 5 nitrogen and oxygen atoms in total. The summed E-state index contributed by atoms with van der Waals surface area (Å²) in [5.41, 5.74) is 3.91. The smallest absolute Gasteiger partial charge is 0.307 e. The topological polar surface area (TPSA) is 62.8 Å². The van der Waals surface area contributed by atoms with Gasteiger partial charge in [-0.3, -0.25) is 9.13 Å². The van der Waals surface area contributed by atoms with Crippen molar-refractivity contribution in [3.05, 3.63) is 45.9 Å². The highest BCUT2D eigenvalue weighted by atomic mass is 16.1. The molecule has 0 saturated carbocycles. The van der Waals surface area contributed by atoms with Crippen molar-refractivity contribution in [1.82, 2.24) is 14.5 Å². The van der Waals surface area contributed by atoms with Crippen LogP contribution in [0.5, 0.6) is 0 Å². The highest BCUT2D eigenvalue weighted by Gasteiger charge is 2.22. The fourth-order valence-electron chi connectivity index (χ4n) is 3.67. The van der Waals surface area contributed by atoms with Gasteiger partial charge in [-0.25, -0.2) is 4.79 Å². The Bertz CT molecular complexity index is 949. The van der Waals surface area contributed by atoms with Crippen LogP contribution in [0.3, 0.4) is 0 Å². The van der Waals surface area contributed by atoms with E-state index in [1.807, 2.05) is 23.8 Å². The number of aromatic nitrogens is 2. The maximum absolute atomic E-state index is 12.7. The van der Waals surface area contributed by atoms with Crippen molar-refractivity contribution in [2.45, 2.75) is 59.2 Å². The van der Waals surface area contributed by atoms with Crippen molar-refractivity contribution in [3.63, 3.8) is 0 Å². The molecule has 2 atom stereocenters. The minimum absolute atomic E-state index is 0.0203. The standard InChI is InChI=1S/C21H28N4O/c1-14-6-7-15(12-22)10-17(23-14)16-8-9-18-19(11-16)24(5)20(26)25(18)13-21(2,3)4/h7-9,11,14,17,23H,6,10,13H2,1-5H3. The third-order valence-electron chi connectivity index (χ3n) is 4.98. The summed E-state index contributed by atoms with van der Waals surface area (Å²) in [6.07, 6.45) is 3.58. The van der Waals surface area contributed by atoms with Gasteiger partial charge in [0.1, 0.15) is 0 Å². The Labute approximate surface area is 154 Å². The molecule has 1 N–H and O–H groups in total. The lowest BCUT2D eigenvalue weighted by molar-refractivity contribution is 0.342. The van der Waals surface area contributed by atoms with E-state index in [2.05, 4.69) is 51.2 Å². The van der Waals surface area contributed by atoms with Crippen LogP contribution >= 0.6 is 0 Å². The number of hydrogen-bond donors (Lipinski definition) is 1. The Morgan fingerprint density at radius 3 is 2.69 bits per heavy atom. The first-order chi connectivity index (χ1) is 12.2. The highest BCUT2D eigenvalue weighted by molar-refractivity contribution is 5.77. The lowest BCUT2D eigenvalue weighted by atomic mass is 9.96. The summed E-state index contributed by atoms with van der Waals surface area (Å²) in [6.45, 7) is 9.23. The highest BCUT2D eigenvalue weighted by Crippen LogP contribution is 2.28. The van der Waals surface area contributed by atoms with Gasteiger partial charge < -0.3 is 5.32 Å². The number of nitrogens with zero attached hydrogens (tertiary/aromatic N) is 3. The SMILES string of the molecule is CC1CC=C(C#N)CC(c2ccc3c(c2)n(C)c(=O)n3CC(C)(C)C)N1. The molecule has 0 radical (unpaired) electrons. The monoisotopic (exact) mass is 352 g/mol. The number of hydrogen-bond acceptors (Lipinski definition) is 3. The molecule has 0 saturated heterocycles. The van der Waals surface area contributed by atoms with Crippen molar-refractivity contribution in [2.24, 2.45) is 12.5 Å². The van der Waals surface area contributed by atoms with E-state index in [4.69, 9.17) is 0 Å². The van der Waals surface area contributed by atoms with Crippen LogP contribution in [-0.2, 0) is 13.6 Å². The molecule has 0 amide bonds. The Morgan fingerprint density at radius 2 is 2.04 bits per heavy atom. The zero-order valence-corrected chi connectivity index (χ0v) is 16.3. The van der Waals surface area contributed by atoms with Crippen LogP contribution in [0.2, 0.25) is 0 Å². The molecule has 2 heterocycles. The zero-order chi connectivity index (χ0) is 19.1. The molecule has 5 heteroatoms. The van der Waals surface area contributed by atoms with Crippen molar-refractivity contribution in [3.8, 4) is 6.07 Å².